The van der Waals surface area contributed by atoms with Gasteiger partial charge in [-0.15, -0.1) is 0 Å². The summed E-state index contributed by atoms with van der Waals surface area (Å²) >= 11 is 3.49. The lowest BCUT2D eigenvalue weighted by atomic mass is 10.1. The molecule has 1 saturated carbocycles. The summed E-state index contributed by atoms with van der Waals surface area (Å²) in [6.45, 7) is 5.27. The van der Waals surface area contributed by atoms with Crippen molar-refractivity contribution in [1.29, 1.82) is 0 Å². The smallest absolute Gasteiger partial charge is 0.194 e. The predicted molar refractivity (Wildman–Crippen MR) is 87.2 cm³/mol. The van der Waals surface area contributed by atoms with E-state index in [-0.39, 0.29) is 0 Å². The first-order valence-corrected chi connectivity index (χ1v) is 8.38. The second kappa shape index (κ2) is 6.17. The zero-order valence-corrected chi connectivity index (χ0v) is 13.6. The van der Waals surface area contributed by atoms with Gasteiger partial charge in [-0.3, -0.25) is 4.99 Å². The molecule has 3 rings (SSSR count). The highest BCUT2D eigenvalue weighted by molar-refractivity contribution is 9.10. The average Bonchev–Trinajstić information content (AvgIpc) is 3.01. The number of hydrogen-bond donors (Lipinski definition) is 1. The van der Waals surface area contributed by atoms with Gasteiger partial charge in [0, 0.05) is 36.1 Å². The molecular weight excluding hydrogens is 314 g/mol. The zero-order valence-electron chi connectivity index (χ0n) is 12.0. The van der Waals surface area contributed by atoms with E-state index >= 15 is 0 Å². The lowest BCUT2D eigenvalue weighted by Gasteiger charge is -2.21. The second-order valence-corrected chi connectivity index (χ2v) is 6.55. The number of aliphatic imine (C=N–C) groups is 1. The standard InChI is InChI=1S/C16H22BrN3/c1-2-18-16(20-9-3-4-10-20)19-15-11-14(15)12-5-7-13(17)8-6-12/h5-8,14-15H,2-4,9-11H2,1H3,(H,18,19). The van der Waals surface area contributed by atoms with Gasteiger partial charge in [0.15, 0.2) is 5.96 Å². The van der Waals surface area contributed by atoms with Gasteiger partial charge >= 0.3 is 0 Å². The van der Waals surface area contributed by atoms with Crippen molar-refractivity contribution in [3.05, 3.63) is 34.3 Å². The lowest BCUT2D eigenvalue weighted by molar-refractivity contribution is 0.490. The van der Waals surface area contributed by atoms with E-state index < -0.39 is 0 Å². The van der Waals surface area contributed by atoms with Crippen LogP contribution < -0.4 is 5.32 Å². The minimum atomic E-state index is 0.557. The minimum absolute atomic E-state index is 0.557. The molecule has 1 saturated heterocycles. The number of nitrogens with zero attached hydrogens (tertiary/aromatic N) is 2. The summed E-state index contributed by atoms with van der Waals surface area (Å²) in [7, 11) is 0. The molecule has 3 nitrogen and oxygen atoms in total. The van der Waals surface area contributed by atoms with E-state index in [1.54, 1.807) is 0 Å². The highest BCUT2D eigenvalue weighted by atomic mass is 79.9. The maximum Gasteiger partial charge on any atom is 0.194 e. The number of likely N-dealkylation sites (tertiary alicyclic amines) is 1. The molecule has 1 aliphatic carbocycles. The van der Waals surface area contributed by atoms with E-state index in [2.05, 4.69) is 62.3 Å². The molecule has 1 aliphatic heterocycles. The van der Waals surface area contributed by atoms with Crippen LogP contribution in [0.1, 0.15) is 37.7 Å². The second-order valence-electron chi connectivity index (χ2n) is 5.64. The summed E-state index contributed by atoms with van der Waals surface area (Å²) in [6.07, 6.45) is 3.81. The van der Waals surface area contributed by atoms with E-state index in [9.17, 15) is 0 Å². The number of rotatable bonds is 3. The van der Waals surface area contributed by atoms with Crippen LogP contribution in [0.25, 0.3) is 0 Å². The summed E-state index contributed by atoms with van der Waals surface area (Å²) in [4.78, 5) is 7.06. The largest absolute Gasteiger partial charge is 0.353 e. The number of halogens is 1. The molecule has 2 atom stereocenters. The number of benzene rings is 1. The van der Waals surface area contributed by atoms with Crippen LogP contribution in [-0.4, -0.2) is 36.5 Å². The van der Waals surface area contributed by atoms with Crippen molar-refractivity contribution in [2.24, 2.45) is 4.99 Å². The van der Waals surface area contributed by atoms with Gasteiger partial charge in [-0.1, -0.05) is 28.1 Å². The molecule has 2 unspecified atom stereocenters. The Balaban J connectivity index is 1.60. The highest BCUT2D eigenvalue weighted by Gasteiger charge is 2.39. The topological polar surface area (TPSA) is 27.6 Å². The molecule has 2 aliphatic rings. The van der Waals surface area contributed by atoms with Crippen LogP contribution in [0.15, 0.2) is 33.7 Å². The molecule has 0 amide bonds. The molecule has 2 fully saturated rings. The predicted octanol–water partition coefficient (Wildman–Crippen LogP) is 3.37. The van der Waals surface area contributed by atoms with E-state index in [0.717, 1.165) is 30.1 Å². The monoisotopic (exact) mass is 335 g/mol. The third-order valence-electron chi connectivity index (χ3n) is 4.12. The van der Waals surface area contributed by atoms with Crippen LogP contribution in [0.4, 0.5) is 0 Å². The van der Waals surface area contributed by atoms with Crippen LogP contribution in [0, 0.1) is 0 Å². The fourth-order valence-corrected chi connectivity index (χ4v) is 3.18. The summed E-state index contributed by atoms with van der Waals surface area (Å²) in [5.74, 6) is 1.77. The average molecular weight is 336 g/mol. The number of guanidine groups is 1. The van der Waals surface area contributed by atoms with E-state index in [1.165, 1.54) is 24.8 Å². The van der Waals surface area contributed by atoms with Crippen molar-refractivity contribution < 1.29 is 0 Å². The van der Waals surface area contributed by atoms with Gasteiger partial charge in [0.2, 0.25) is 0 Å². The molecule has 0 spiro atoms. The Hall–Kier alpha value is -1.03. The van der Waals surface area contributed by atoms with Crippen molar-refractivity contribution in [1.82, 2.24) is 10.2 Å². The van der Waals surface area contributed by atoms with Gasteiger partial charge in [0.1, 0.15) is 0 Å². The molecule has 1 heterocycles. The van der Waals surface area contributed by atoms with Crippen LogP contribution in [0.2, 0.25) is 0 Å². The van der Waals surface area contributed by atoms with Crippen LogP contribution in [0.3, 0.4) is 0 Å². The van der Waals surface area contributed by atoms with Crippen molar-refractivity contribution >= 4 is 21.9 Å². The molecule has 0 bridgehead atoms. The van der Waals surface area contributed by atoms with E-state index in [0.29, 0.717) is 12.0 Å². The normalized spacial score (nSPS) is 25.9. The van der Waals surface area contributed by atoms with Crippen LogP contribution in [-0.2, 0) is 0 Å². The van der Waals surface area contributed by atoms with Gasteiger partial charge < -0.3 is 10.2 Å². The molecular formula is C16H22BrN3. The Morgan fingerprint density at radius 3 is 2.65 bits per heavy atom. The summed E-state index contributed by atoms with van der Waals surface area (Å²) in [6, 6.07) is 9.27. The molecule has 1 N–H and O–H groups in total. The molecule has 1 aromatic carbocycles. The third-order valence-corrected chi connectivity index (χ3v) is 4.65. The van der Waals surface area contributed by atoms with E-state index in [1.807, 2.05) is 0 Å². The van der Waals surface area contributed by atoms with Gasteiger partial charge in [-0.05, 0) is 43.9 Å². The maximum atomic E-state index is 4.65. The van der Waals surface area contributed by atoms with E-state index in [4.69, 9.17) is 0 Å². The zero-order chi connectivity index (χ0) is 13.9. The molecule has 0 aromatic heterocycles. The van der Waals surface area contributed by atoms with Crippen molar-refractivity contribution in [3.8, 4) is 0 Å². The maximum absolute atomic E-state index is 4.65. The van der Waals surface area contributed by atoms with Crippen molar-refractivity contribution in [3.63, 3.8) is 0 Å². The Morgan fingerprint density at radius 2 is 2.00 bits per heavy atom. The van der Waals surface area contributed by atoms with Gasteiger partial charge in [0.05, 0.1) is 0 Å². The SMILES string of the molecule is CCN=C(NC1CC1c1ccc(Br)cc1)N1CCCC1. The Bertz CT molecular complexity index is 477. The fourth-order valence-electron chi connectivity index (χ4n) is 2.91. The third kappa shape index (κ3) is 3.17. The molecule has 4 heteroatoms. The fraction of sp³-hybridized carbons (Fsp3) is 0.562. The Morgan fingerprint density at radius 1 is 1.30 bits per heavy atom. The molecule has 0 radical (unpaired) electrons. The first-order chi connectivity index (χ1) is 9.78. The Kier molecular flexibility index (Phi) is 4.29. The highest BCUT2D eigenvalue weighted by Crippen LogP contribution is 2.41. The van der Waals surface area contributed by atoms with Gasteiger partial charge in [0.25, 0.3) is 0 Å². The van der Waals surface area contributed by atoms with Crippen LogP contribution in [0.5, 0.6) is 0 Å². The summed E-state index contributed by atoms with van der Waals surface area (Å²) in [5.41, 5.74) is 1.43. The quantitative estimate of drug-likeness (QED) is 0.677. The van der Waals surface area contributed by atoms with Crippen molar-refractivity contribution in [2.75, 3.05) is 19.6 Å². The Labute approximate surface area is 129 Å². The molecule has 20 heavy (non-hydrogen) atoms. The number of nitrogens with one attached hydrogen (secondary N) is 1. The van der Waals surface area contributed by atoms with Crippen molar-refractivity contribution in [2.45, 2.75) is 38.1 Å². The lowest BCUT2D eigenvalue weighted by Crippen LogP contribution is -2.41. The molecule has 1 aromatic rings. The first kappa shape index (κ1) is 13.9. The number of hydrogen-bond acceptors (Lipinski definition) is 1. The van der Waals surface area contributed by atoms with Gasteiger partial charge in [-0.25, -0.2) is 0 Å². The summed E-state index contributed by atoms with van der Waals surface area (Å²) < 4.78 is 1.15. The minimum Gasteiger partial charge on any atom is -0.353 e. The molecule has 108 valence electrons. The van der Waals surface area contributed by atoms with Gasteiger partial charge in [-0.2, -0.15) is 0 Å². The first-order valence-electron chi connectivity index (χ1n) is 7.59. The van der Waals surface area contributed by atoms with Crippen LogP contribution >= 0.6 is 15.9 Å². The summed E-state index contributed by atoms with van der Waals surface area (Å²) in [5, 5.41) is 3.66.